The molecule has 8 heteroatoms. The van der Waals surface area contributed by atoms with Gasteiger partial charge >= 0.3 is 5.69 Å². The molecule has 0 amide bonds. The molecule has 2 aromatic carbocycles. The van der Waals surface area contributed by atoms with Gasteiger partial charge in [0.1, 0.15) is 6.10 Å². The number of ether oxygens (including phenoxy) is 3. The number of aromatic nitrogens is 3. The van der Waals surface area contributed by atoms with Crippen molar-refractivity contribution in [3.05, 3.63) is 80.1 Å². The van der Waals surface area contributed by atoms with Gasteiger partial charge in [0.2, 0.25) is 0 Å². The summed E-state index contributed by atoms with van der Waals surface area (Å²) in [5, 5.41) is 0.518. The van der Waals surface area contributed by atoms with Gasteiger partial charge in [-0.25, -0.2) is 4.79 Å². The first kappa shape index (κ1) is 23.9. The van der Waals surface area contributed by atoms with E-state index in [0.29, 0.717) is 48.8 Å². The molecule has 5 rings (SSSR count). The van der Waals surface area contributed by atoms with Gasteiger partial charge < -0.3 is 18.8 Å². The Balaban J connectivity index is 1.83. The van der Waals surface area contributed by atoms with Gasteiger partial charge in [0.15, 0.2) is 11.5 Å². The topological polar surface area (TPSA) is 76.6 Å². The average molecular weight is 490 g/mol. The lowest BCUT2D eigenvalue weighted by molar-refractivity contribution is 0.0476. The maximum atomic E-state index is 13.5. The molecule has 8 nitrogen and oxygen atoms in total. The van der Waals surface area contributed by atoms with E-state index in [9.17, 15) is 9.59 Å². The van der Waals surface area contributed by atoms with E-state index < -0.39 is 6.10 Å². The Labute approximate surface area is 209 Å². The Hall–Kier alpha value is -3.78. The summed E-state index contributed by atoms with van der Waals surface area (Å²) in [4.78, 5) is 26.6. The molecule has 3 heterocycles. The van der Waals surface area contributed by atoms with Crippen LogP contribution < -0.4 is 20.7 Å². The van der Waals surface area contributed by atoms with Crippen molar-refractivity contribution in [2.75, 3.05) is 19.8 Å². The molecule has 0 saturated heterocycles. The van der Waals surface area contributed by atoms with Crippen LogP contribution in [-0.2, 0) is 25.4 Å². The molecule has 0 fully saturated rings. The Morgan fingerprint density at radius 1 is 0.944 bits per heavy atom. The highest BCUT2D eigenvalue weighted by Gasteiger charge is 2.33. The van der Waals surface area contributed by atoms with Gasteiger partial charge in [0.05, 0.1) is 42.1 Å². The van der Waals surface area contributed by atoms with Crippen molar-refractivity contribution >= 4 is 10.9 Å². The summed E-state index contributed by atoms with van der Waals surface area (Å²) in [6.45, 7) is 7.94. The third kappa shape index (κ3) is 3.73. The molecule has 0 saturated carbocycles. The Bertz CT molecular complexity index is 1560. The lowest BCUT2D eigenvalue weighted by atomic mass is 10.0. The van der Waals surface area contributed by atoms with E-state index >= 15 is 0 Å². The Morgan fingerprint density at radius 3 is 2.33 bits per heavy atom. The second-order valence-electron chi connectivity index (χ2n) is 9.00. The van der Waals surface area contributed by atoms with Crippen LogP contribution in [0.4, 0.5) is 0 Å². The monoisotopic (exact) mass is 489 g/mol. The predicted octanol–water partition coefficient (Wildman–Crippen LogP) is 3.93. The average Bonchev–Trinajstić information content (AvgIpc) is 3.23. The standard InChI is InChI=1S/C28H31N3O5/c1-6-34-20-13-12-19(16-21(20)35-7-2)26-25-24-22(27(32)30(5)28(33)29(24)4)23(31(25)14-15-36-26)18-10-8-17(3)9-11-18/h8-13,16,26H,6-7,14-15H2,1-5H3/t26-/m1/s1. The largest absolute Gasteiger partial charge is 0.490 e. The molecule has 2 aromatic heterocycles. The number of hydrogen-bond acceptors (Lipinski definition) is 5. The molecule has 0 bridgehead atoms. The summed E-state index contributed by atoms with van der Waals surface area (Å²) in [6, 6.07) is 13.9. The zero-order valence-corrected chi connectivity index (χ0v) is 21.3. The summed E-state index contributed by atoms with van der Waals surface area (Å²) in [7, 11) is 3.23. The highest BCUT2D eigenvalue weighted by atomic mass is 16.5. The van der Waals surface area contributed by atoms with E-state index in [1.807, 2.05) is 63.2 Å². The quantitative estimate of drug-likeness (QED) is 0.410. The van der Waals surface area contributed by atoms with Crippen LogP contribution in [0.15, 0.2) is 52.1 Å². The fourth-order valence-electron chi connectivity index (χ4n) is 5.08. The number of fused-ring (bicyclic) bond motifs is 3. The predicted molar refractivity (Wildman–Crippen MR) is 139 cm³/mol. The second-order valence-corrected chi connectivity index (χ2v) is 9.00. The number of aryl methyl sites for hydroxylation is 2. The first-order valence-corrected chi connectivity index (χ1v) is 12.3. The molecule has 0 radical (unpaired) electrons. The fourth-order valence-corrected chi connectivity index (χ4v) is 5.08. The van der Waals surface area contributed by atoms with Gasteiger partial charge in [0.25, 0.3) is 5.56 Å². The Morgan fingerprint density at radius 2 is 1.64 bits per heavy atom. The maximum absolute atomic E-state index is 13.5. The van der Waals surface area contributed by atoms with Crippen molar-refractivity contribution in [2.45, 2.75) is 33.4 Å². The summed E-state index contributed by atoms with van der Waals surface area (Å²) in [5.41, 5.74) is 4.42. The molecule has 1 aliphatic rings. The van der Waals surface area contributed by atoms with Crippen LogP contribution >= 0.6 is 0 Å². The minimum Gasteiger partial charge on any atom is -0.490 e. The minimum absolute atomic E-state index is 0.314. The van der Waals surface area contributed by atoms with Crippen molar-refractivity contribution in [1.82, 2.24) is 13.7 Å². The number of rotatable bonds is 6. The van der Waals surface area contributed by atoms with Crippen molar-refractivity contribution < 1.29 is 14.2 Å². The van der Waals surface area contributed by atoms with E-state index in [-0.39, 0.29) is 11.2 Å². The van der Waals surface area contributed by atoms with E-state index in [0.717, 1.165) is 28.1 Å². The van der Waals surface area contributed by atoms with Gasteiger partial charge in [-0.05, 0) is 44.0 Å². The van der Waals surface area contributed by atoms with Gasteiger partial charge in [-0.1, -0.05) is 35.9 Å². The fraction of sp³-hybridized carbons (Fsp3) is 0.357. The molecule has 1 atom stereocenters. The van der Waals surface area contributed by atoms with E-state index in [4.69, 9.17) is 14.2 Å². The molecular formula is C28H31N3O5. The molecule has 4 aromatic rings. The van der Waals surface area contributed by atoms with Crippen molar-refractivity contribution in [3.63, 3.8) is 0 Å². The lowest BCUT2D eigenvalue weighted by Crippen LogP contribution is -2.37. The first-order chi connectivity index (χ1) is 17.4. The molecule has 0 spiro atoms. The Kier molecular flexibility index (Phi) is 6.22. The van der Waals surface area contributed by atoms with Crippen molar-refractivity contribution in [2.24, 2.45) is 14.1 Å². The van der Waals surface area contributed by atoms with Crippen LogP contribution in [0.2, 0.25) is 0 Å². The third-order valence-electron chi connectivity index (χ3n) is 6.75. The summed E-state index contributed by atoms with van der Waals surface area (Å²) in [5.74, 6) is 1.30. The van der Waals surface area contributed by atoms with Crippen LogP contribution in [0.5, 0.6) is 11.5 Å². The summed E-state index contributed by atoms with van der Waals surface area (Å²) < 4.78 is 22.8. The zero-order chi connectivity index (χ0) is 25.6. The molecule has 0 aliphatic carbocycles. The molecule has 1 aliphatic heterocycles. The minimum atomic E-state index is -0.493. The molecule has 0 N–H and O–H groups in total. The first-order valence-electron chi connectivity index (χ1n) is 12.3. The van der Waals surface area contributed by atoms with Crippen LogP contribution in [0, 0.1) is 6.92 Å². The van der Waals surface area contributed by atoms with Gasteiger partial charge in [0, 0.05) is 20.6 Å². The summed E-state index contributed by atoms with van der Waals surface area (Å²) in [6.07, 6.45) is -0.493. The number of benzene rings is 2. The highest BCUT2D eigenvalue weighted by molar-refractivity contribution is 5.96. The molecule has 36 heavy (non-hydrogen) atoms. The van der Waals surface area contributed by atoms with E-state index in [2.05, 4.69) is 4.57 Å². The van der Waals surface area contributed by atoms with Gasteiger partial charge in [-0.15, -0.1) is 0 Å². The van der Waals surface area contributed by atoms with Crippen molar-refractivity contribution in [3.8, 4) is 22.8 Å². The second kappa shape index (κ2) is 9.35. The highest BCUT2D eigenvalue weighted by Crippen LogP contribution is 2.42. The maximum Gasteiger partial charge on any atom is 0.331 e. The molecule has 188 valence electrons. The lowest BCUT2D eigenvalue weighted by Gasteiger charge is -2.28. The van der Waals surface area contributed by atoms with Crippen LogP contribution in [-0.4, -0.2) is 33.5 Å². The van der Waals surface area contributed by atoms with Crippen molar-refractivity contribution in [1.29, 1.82) is 0 Å². The molecule has 0 unspecified atom stereocenters. The van der Waals surface area contributed by atoms with Crippen LogP contribution in [0.25, 0.3) is 22.2 Å². The zero-order valence-electron chi connectivity index (χ0n) is 21.3. The van der Waals surface area contributed by atoms with E-state index in [1.54, 1.807) is 11.6 Å². The van der Waals surface area contributed by atoms with E-state index in [1.165, 1.54) is 11.6 Å². The number of nitrogens with zero attached hydrogens (tertiary/aromatic N) is 3. The van der Waals surface area contributed by atoms with Gasteiger partial charge in [-0.2, -0.15) is 0 Å². The number of hydrogen-bond donors (Lipinski definition) is 0. The third-order valence-corrected chi connectivity index (χ3v) is 6.75. The SMILES string of the molecule is CCOc1ccc([C@H]2OCCn3c(-c4ccc(C)cc4)c4c(=O)n(C)c(=O)n(C)c4c32)cc1OCC. The van der Waals surface area contributed by atoms with Gasteiger partial charge in [-0.3, -0.25) is 13.9 Å². The van der Waals surface area contributed by atoms with Crippen LogP contribution in [0.1, 0.15) is 36.8 Å². The van der Waals surface area contributed by atoms with Crippen LogP contribution in [0.3, 0.4) is 0 Å². The molecular weight excluding hydrogens is 458 g/mol. The smallest absolute Gasteiger partial charge is 0.331 e. The normalized spacial score (nSPS) is 15.2. The summed E-state index contributed by atoms with van der Waals surface area (Å²) >= 11 is 0.